The normalized spacial score (nSPS) is 9.46. The Hall–Kier alpha value is -0.530. The molecule has 0 spiro atoms. The van der Waals surface area contributed by atoms with Crippen LogP contribution in [0.4, 0.5) is 0 Å². The maximum Gasteiger partial charge on any atom is 0.0180 e. The lowest BCUT2D eigenvalue weighted by Crippen LogP contribution is -1.99. The molecule has 1 aromatic carbocycles. The van der Waals surface area contributed by atoms with Crippen molar-refractivity contribution >= 4 is 12.4 Å². The Kier molecular flexibility index (Phi) is 5.76. The van der Waals surface area contributed by atoms with E-state index in [4.69, 9.17) is 5.73 Å². The lowest BCUT2D eigenvalue weighted by atomic mass is 10.0. The predicted octanol–water partition coefficient (Wildman–Crippen LogP) is 2.83. The van der Waals surface area contributed by atoms with Gasteiger partial charge in [-0.05, 0) is 30.0 Å². The van der Waals surface area contributed by atoms with Crippen molar-refractivity contribution in [1.82, 2.24) is 0 Å². The molecule has 0 atom stereocenters. The summed E-state index contributed by atoms with van der Waals surface area (Å²) in [6.45, 7) is 4.98. The number of nitrogens with two attached hydrogens (primary N) is 1. The Morgan fingerprint density at radius 2 is 2.00 bits per heavy atom. The van der Waals surface area contributed by atoms with E-state index in [-0.39, 0.29) is 12.4 Å². The molecule has 0 amide bonds. The average Bonchev–Trinajstić information content (AvgIpc) is 2.05. The van der Waals surface area contributed by atoms with Gasteiger partial charge in [0.2, 0.25) is 0 Å². The van der Waals surface area contributed by atoms with Crippen LogP contribution < -0.4 is 5.73 Å². The van der Waals surface area contributed by atoms with Gasteiger partial charge in [0.15, 0.2) is 0 Å². The fourth-order valence-electron chi connectivity index (χ4n) is 1.43. The standard InChI is InChI=1S/C11H17N.ClH/c1-3-4-10-5-6-11(8-12)9(2)7-10;/h5-7H,3-4,8,12H2,1-2H3;1H. The van der Waals surface area contributed by atoms with Crippen LogP contribution >= 0.6 is 12.4 Å². The SMILES string of the molecule is CCCc1ccc(CN)c(C)c1.Cl. The van der Waals surface area contributed by atoms with Crippen LogP contribution in [0.25, 0.3) is 0 Å². The first kappa shape index (κ1) is 12.5. The van der Waals surface area contributed by atoms with Gasteiger partial charge in [-0.25, -0.2) is 0 Å². The van der Waals surface area contributed by atoms with Crippen LogP contribution in [0, 0.1) is 6.92 Å². The Morgan fingerprint density at radius 3 is 2.46 bits per heavy atom. The first-order valence-corrected chi connectivity index (χ1v) is 4.56. The third-order valence-corrected chi connectivity index (χ3v) is 2.17. The van der Waals surface area contributed by atoms with Crippen LogP contribution in [0.1, 0.15) is 30.0 Å². The predicted molar refractivity (Wildman–Crippen MR) is 60.3 cm³/mol. The molecule has 0 unspecified atom stereocenters. The minimum Gasteiger partial charge on any atom is -0.326 e. The lowest BCUT2D eigenvalue weighted by Gasteiger charge is -2.05. The molecule has 0 aliphatic heterocycles. The van der Waals surface area contributed by atoms with Crippen LogP contribution in [-0.4, -0.2) is 0 Å². The summed E-state index contributed by atoms with van der Waals surface area (Å²) in [6.07, 6.45) is 2.38. The quantitative estimate of drug-likeness (QED) is 0.796. The minimum atomic E-state index is 0. The first-order valence-electron chi connectivity index (χ1n) is 4.56. The Bertz CT molecular complexity index is 258. The second kappa shape index (κ2) is 6.01. The molecule has 0 aliphatic carbocycles. The van der Waals surface area contributed by atoms with Gasteiger partial charge in [0, 0.05) is 6.54 Å². The molecule has 0 saturated heterocycles. The second-order valence-corrected chi connectivity index (χ2v) is 3.21. The molecule has 1 rings (SSSR count). The molecule has 1 aromatic rings. The molecule has 0 heterocycles. The van der Waals surface area contributed by atoms with E-state index in [0.29, 0.717) is 6.54 Å². The van der Waals surface area contributed by atoms with E-state index < -0.39 is 0 Å². The van der Waals surface area contributed by atoms with E-state index in [2.05, 4.69) is 32.0 Å². The molecule has 1 nitrogen and oxygen atoms in total. The minimum absolute atomic E-state index is 0. The summed E-state index contributed by atoms with van der Waals surface area (Å²) < 4.78 is 0. The van der Waals surface area contributed by atoms with E-state index in [0.717, 1.165) is 0 Å². The average molecular weight is 200 g/mol. The third-order valence-electron chi connectivity index (χ3n) is 2.17. The van der Waals surface area contributed by atoms with Gasteiger partial charge in [0.05, 0.1) is 0 Å². The fourth-order valence-corrected chi connectivity index (χ4v) is 1.43. The van der Waals surface area contributed by atoms with Crippen LogP contribution in [0.3, 0.4) is 0 Å². The van der Waals surface area contributed by atoms with Crippen molar-refractivity contribution in [1.29, 1.82) is 0 Å². The maximum atomic E-state index is 5.57. The smallest absolute Gasteiger partial charge is 0.0180 e. The summed E-state index contributed by atoms with van der Waals surface area (Å²) in [6, 6.07) is 6.56. The molecule has 0 aromatic heterocycles. The molecule has 74 valence electrons. The van der Waals surface area contributed by atoms with Crippen molar-refractivity contribution in [2.75, 3.05) is 0 Å². The number of halogens is 1. The van der Waals surface area contributed by atoms with E-state index in [1.54, 1.807) is 0 Å². The monoisotopic (exact) mass is 199 g/mol. The molecule has 0 bridgehead atoms. The van der Waals surface area contributed by atoms with Crippen LogP contribution in [-0.2, 0) is 13.0 Å². The summed E-state index contributed by atoms with van der Waals surface area (Å²) in [7, 11) is 0. The fraction of sp³-hybridized carbons (Fsp3) is 0.455. The van der Waals surface area contributed by atoms with Gasteiger partial charge in [-0.3, -0.25) is 0 Å². The van der Waals surface area contributed by atoms with Crippen molar-refractivity contribution in [3.05, 3.63) is 34.9 Å². The number of hydrogen-bond acceptors (Lipinski definition) is 1. The zero-order valence-electron chi connectivity index (χ0n) is 8.34. The van der Waals surface area contributed by atoms with Crippen molar-refractivity contribution in [2.45, 2.75) is 33.2 Å². The lowest BCUT2D eigenvalue weighted by molar-refractivity contribution is 0.915. The summed E-state index contributed by atoms with van der Waals surface area (Å²) in [5.74, 6) is 0. The highest BCUT2D eigenvalue weighted by atomic mass is 35.5. The first-order chi connectivity index (χ1) is 5.77. The maximum absolute atomic E-state index is 5.57. The number of rotatable bonds is 3. The van der Waals surface area contributed by atoms with Gasteiger partial charge in [-0.2, -0.15) is 0 Å². The molecule has 0 fully saturated rings. The largest absolute Gasteiger partial charge is 0.326 e. The number of aryl methyl sites for hydroxylation is 2. The molecule has 2 heteroatoms. The third kappa shape index (κ3) is 3.37. The van der Waals surface area contributed by atoms with Crippen LogP contribution in [0.15, 0.2) is 18.2 Å². The molecule has 0 radical (unpaired) electrons. The highest BCUT2D eigenvalue weighted by Gasteiger charge is 1.96. The van der Waals surface area contributed by atoms with Gasteiger partial charge in [0.1, 0.15) is 0 Å². The molecular weight excluding hydrogens is 182 g/mol. The molecule has 2 N–H and O–H groups in total. The van der Waals surface area contributed by atoms with Crippen LogP contribution in [0.5, 0.6) is 0 Å². The summed E-state index contributed by atoms with van der Waals surface area (Å²) in [5.41, 5.74) is 9.58. The summed E-state index contributed by atoms with van der Waals surface area (Å²) in [5, 5.41) is 0. The Balaban J connectivity index is 0.00000144. The van der Waals surface area contributed by atoms with E-state index in [1.165, 1.54) is 29.5 Å². The van der Waals surface area contributed by atoms with Crippen LogP contribution in [0.2, 0.25) is 0 Å². The Labute approximate surface area is 86.7 Å². The molecule has 0 aliphatic rings. The second-order valence-electron chi connectivity index (χ2n) is 3.21. The zero-order chi connectivity index (χ0) is 8.97. The van der Waals surface area contributed by atoms with Gasteiger partial charge in [-0.15, -0.1) is 12.4 Å². The highest BCUT2D eigenvalue weighted by Crippen LogP contribution is 2.11. The van der Waals surface area contributed by atoms with Crippen molar-refractivity contribution in [3.63, 3.8) is 0 Å². The summed E-state index contributed by atoms with van der Waals surface area (Å²) in [4.78, 5) is 0. The van der Waals surface area contributed by atoms with Gasteiger partial charge < -0.3 is 5.73 Å². The van der Waals surface area contributed by atoms with Crippen molar-refractivity contribution < 1.29 is 0 Å². The van der Waals surface area contributed by atoms with Crippen molar-refractivity contribution in [2.24, 2.45) is 5.73 Å². The molecule has 13 heavy (non-hydrogen) atoms. The molecule has 0 saturated carbocycles. The highest BCUT2D eigenvalue weighted by molar-refractivity contribution is 5.85. The van der Waals surface area contributed by atoms with Gasteiger partial charge >= 0.3 is 0 Å². The summed E-state index contributed by atoms with van der Waals surface area (Å²) >= 11 is 0. The number of benzene rings is 1. The van der Waals surface area contributed by atoms with E-state index >= 15 is 0 Å². The number of hydrogen-bond donors (Lipinski definition) is 1. The van der Waals surface area contributed by atoms with Crippen molar-refractivity contribution in [3.8, 4) is 0 Å². The topological polar surface area (TPSA) is 26.0 Å². The van der Waals surface area contributed by atoms with Gasteiger partial charge in [-0.1, -0.05) is 31.5 Å². The van der Waals surface area contributed by atoms with E-state index in [9.17, 15) is 0 Å². The molecular formula is C11H18ClN. The Morgan fingerprint density at radius 1 is 1.31 bits per heavy atom. The van der Waals surface area contributed by atoms with E-state index in [1.807, 2.05) is 0 Å². The van der Waals surface area contributed by atoms with Gasteiger partial charge in [0.25, 0.3) is 0 Å². The zero-order valence-corrected chi connectivity index (χ0v) is 9.16.